The maximum atomic E-state index is 12.5. The second kappa shape index (κ2) is 4.81. The molecule has 3 rings (SSSR count). The number of carboxylic acid groups (broad SMARTS) is 1. The highest BCUT2D eigenvalue weighted by Gasteiger charge is 2.50. The van der Waals surface area contributed by atoms with Crippen LogP contribution in [0.25, 0.3) is 0 Å². The SMILES string of the molecule is CC(NS(=O)(=O)c1ccc2c(c1)CCC2)(C(=O)O)C1CC1. The molecule has 114 valence electrons. The molecule has 0 saturated heterocycles. The zero-order valence-corrected chi connectivity index (χ0v) is 12.7. The Balaban J connectivity index is 1.91. The number of nitrogens with one attached hydrogen (secondary N) is 1. The van der Waals surface area contributed by atoms with Crippen molar-refractivity contribution in [2.45, 2.75) is 49.5 Å². The Labute approximate surface area is 124 Å². The first kappa shape index (κ1) is 14.5. The molecule has 5 nitrogen and oxygen atoms in total. The highest BCUT2D eigenvalue weighted by molar-refractivity contribution is 7.89. The summed E-state index contributed by atoms with van der Waals surface area (Å²) in [5, 5.41) is 9.38. The minimum Gasteiger partial charge on any atom is -0.480 e. The molecule has 1 atom stereocenters. The standard InChI is InChI=1S/C15H19NO4S/c1-15(14(17)18,12-6-7-12)16-21(19,20)13-8-5-10-3-2-4-11(10)9-13/h5,8-9,12,16H,2-4,6-7H2,1H3,(H,17,18). The molecule has 21 heavy (non-hydrogen) atoms. The third-order valence-corrected chi connectivity index (χ3v) is 6.13. The Bertz CT molecular complexity index is 694. The Morgan fingerprint density at radius 1 is 1.29 bits per heavy atom. The van der Waals surface area contributed by atoms with Gasteiger partial charge in [0.15, 0.2) is 0 Å². The van der Waals surface area contributed by atoms with E-state index in [0.717, 1.165) is 37.7 Å². The Morgan fingerprint density at radius 2 is 1.95 bits per heavy atom. The zero-order chi connectivity index (χ0) is 15.3. The molecule has 1 saturated carbocycles. The maximum absolute atomic E-state index is 12.5. The molecule has 0 amide bonds. The topological polar surface area (TPSA) is 83.5 Å². The second-order valence-electron chi connectivity index (χ2n) is 6.17. The molecule has 2 aliphatic carbocycles. The van der Waals surface area contributed by atoms with Crippen molar-refractivity contribution in [3.63, 3.8) is 0 Å². The fourth-order valence-corrected chi connectivity index (χ4v) is 4.49. The number of aryl methyl sites for hydroxylation is 2. The molecule has 1 aromatic rings. The van der Waals surface area contributed by atoms with E-state index in [1.54, 1.807) is 12.1 Å². The average Bonchev–Trinajstić information content (AvgIpc) is 3.16. The smallest absolute Gasteiger partial charge is 0.324 e. The minimum atomic E-state index is -3.82. The van der Waals surface area contributed by atoms with Crippen molar-refractivity contribution in [2.24, 2.45) is 5.92 Å². The van der Waals surface area contributed by atoms with Crippen LogP contribution in [-0.2, 0) is 27.7 Å². The lowest BCUT2D eigenvalue weighted by molar-refractivity contribution is -0.144. The second-order valence-corrected chi connectivity index (χ2v) is 7.85. The Kier molecular flexibility index (Phi) is 3.33. The van der Waals surface area contributed by atoms with E-state index in [4.69, 9.17) is 0 Å². The predicted octanol–water partition coefficient (Wildman–Crippen LogP) is 1.71. The number of sulfonamides is 1. The fourth-order valence-electron chi connectivity index (χ4n) is 3.02. The quantitative estimate of drug-likeness (QED) is 0.867. The van der Waals surface area contributed by atoms with Crippen LogP contribution in [0.1, 0.15) is 37.3 Å². The van der Waals surface area contributed by atoms with Crippen LogP contribution in [0.2, 0.25) is 0 Å². The van der Waals surface area contributed by atoms with Crippen molar-refractivity contribution < 1.29 is 18.3 Å². The number of benzene rings is 1. The van der Waals surface area contributed by atoms with Crippen LogP contribution in [0.5, 0.6) is 0 Å². The lowest BCUT2D eigenvalue weighted by atomic mass is 9.98. The van der Waals surface area contributed by atoms with Crippen molar-refractivity contribution in [2.75, 3.05) is 0 Å². The fraction of sp³-hybridized carbons (Fsp3) is 0.533. The number of rotatable bonds is 5. The van der Waals surface area contributed by atoms with Crippen LogP contribution in [0.15, 0.2) is 23.1 Å². The minimum absolute atomic E-state index is 0.126. The summed E-state index contributed by atoms with van der Waals surface area (Å²) in [7, 11) is -3.82. The van der Waals surface area contributed by atoms with Crippen LogP contribution in [0.3, 0.4) is 0 Å². The van der Waals surface area contributed by atoms with Gasteiger partial charge < -0.3 is 5.11 Å². The number of carbonyl (C=O) groups is 1. The molecule has 1 fully saturated rings. The first-order valence-electron chi connectivity index (χ1n) is 7.22. The van der Waals surface area contributed by atoms with Gasteiger partial charge in [-0.3, -0.25) is 4.79 Å². The lowest BCUT2D eigenvalue weighted by Gasteiger charge is -2.25. The van der Waals surface area contributed by atoms with Crippen LogP contribution in [-0.4, -0.2) is 25.0 Å². The predicted molar refractivity (Wildman–Crippen MR) is 77.6 cm³/mol. The molecular formula is C15H19NO4S. The van der Waals surface area contributed by atoms with Gasteiger partial charge in [0, 0.05) is 0 Å². The van der Waals surface area contributed by atoms with Crippen molar-refractivity contribution in [1.82, 2.24) is 4.72 Å². The van der Waals surface area contributed by atoms with Gasteiger partial charge >= 0.3 is 5.97 Å². The highest BCUT2D eigenvalue weighted by atomic mass is 32.2. The van der Waals surface area contributed by atoms with Gasteiger partial charge in [0.1, 0.15) is 5.54 Å². The van der Waals surface area contributed by atoms with Gasteiger partial charge in [0.25, 0.3) is 0 Å². The summed E-state index contributed by atoms with van der Waals surface area (Å²) < 4.78 is 27.4. The van der Waals surface area contributed by atoms with Crippen LogP contribution < -0.4 is 4.72 Å². The molecule has 0 aliphatic heterocycles. The molecular weight excluding hydrogens is 290 g/mol. The number of fused-ring (bicyclic) bond motifs is 1. The largest absolute Gasteiger partial charge is 0.480 e. The molecule has 0 aromatic heterocycles. The van der Waals surface area contributed by atoms with Gasteiger partial charge in [0.05, 0.1) is 4.90 Å². The number of hydrogen-bond donors (Lipinski definition) is 2. The van der Waals surface area contributed by atoms with Crippen LogP contribution >= 0.6 is 0 Å². The van der Waals surface area contributed by atoms with E-state index in [2.05, 4.69) is 4.72 Å². The van der Waals surface area contributed by atoms with E-state index in [1.165, 1.54) is 12.5 Å². The third-order valence-electron chi connectivity index (χ3n) is 4.56. The molecule has 0 spiro atoms. The van der Waals surface area contributed by atoms with Crippen molar-refractivity contribution in [3.05, 3.63) is 29.3 Å². The summed E-state index contributed by atoms with van der Waals surface area (Å²) in [5.41, 5.74) is 0.830. The summed E-state index contributed by atoms with van der Waals surface area (Å²) in [4.78, 5) is 11.6. The van der Waals surface area contributed by atoms with Crippen molar-refractivity contribution in [1.29, 1.82) is 0 Å². The monoisotopic (exact) mass is 309 g/mol. The molecule has 0 heterocycles. The van der Waals surface area contributed by atoms with Gasteiger partial charge in [0.2, 0.25) is 10.0 Å². The third kappa shape index (κ3) is 2.58. The number of aliphatic carboxylic acids is 1. The van der Waals surface area contributed by atoms with E-state index in [1.807, 2.05) is 6.07 Å². The Morgan fingerprint density at radius 3 is 2.57 bits per heavy atom. The maximum Gasteiger partial charge on any atom is 0.324 e. The van der Waals surface area contributed by atoms with Crippen LogP contribution in [0.4, 0.5) is 0 Å². The summed E-state index contributed by atoms with van der Waals surface area (Å²) in [6.07, 6.45) is 4.40. The molecule has 6 heteroatoms. The van der Waals surface area contributed by atoms with E-state index < -0.39 is 21.5 Å². The molecule has 2 aliphatic rings. The lowest BCUT2D eigenvalue weighted by Crippen LogP contribution is -2.53. The molecule has 1 aromatic carbocycles. The molecule has 0 radical (unpaired) electrons. The van der Waals surface area contributed by atoms with E-state index in [0.29, 0.717) is 0 Å². The average molecular weight is 309 g/mol. The summed E-state index contributed by atoms with van der Waals surface area (Å²) in [5.74, 6) is -1.24. The molecule has 2 N–H and O–H groups in total. The van der Waals surface area contributed by atoms with Gasteiger partial charge in [-0.25, -0.2) is 8.42 Å². The summed E-state index contributed by atoms with van der Waals surface area (Å²) in [6, 6.07) is 5.09. The normalized spacial score (nSPS) is 20.8. The molecule has 1 unspecified atom stereocenters. The highest BCUT2D eigenvalue weighted by Crippen LogP contribution is 2.40. The van der Waals surface area contributed by atoms with Crippen molar-refractivity contribution >= 4 is 16.0 Å². The summed E-state index contributed by atoms with van der Waals surface area (Å²) in [6.45, 7) is 1.46. The summed E-state index contributed by atoms with van der Waals surface area (Å²) >= 11 is 0. The van der Waals surface area contributed by atoms with Gasteiger partial charge in [-0.15, -0.1) is 0 Å². The zero-order valence-electron chi connectivity index (χ0n) is 11.9. The van der Waals surface area contributed by atoms with Gasteiger partial charge in [-0.2, -0.15) is 4.72 Å². The van der Waals surface area contributed by atoms with Gasteiger partial charge in [-0.1, -0.05) is 6.07 Å². The van der Waals surface area contributed by atoms with Crippen LogP contribution in [0, 0.1) is 5.92 Å². The first-order chi connectivity index (χ1) is 9.83. The number of carboxylic acids is 1. The molecule has 0 bridgehead atoms. The Hall–Kier alpha value is -1.40. The van der Waals surface area contributed by atoms with Gasteiger partial charge in [-0.05, 0) is 68.2 Å². The van der Waals surface area contributed by atoms with Crippen molar-refractivity contribution in [3.8, 4) is 0 Å². The first-order valence-corrected chi connectivity index (χ1v) is 8.70. The number of hydrogen-bond acceptors (Lipinski definition) is 3. The van der Waals surface area contributed by atoms with E-state index in [9.17, 15) is 18.3 Å². The van der Waals surface area contributed by atoms with E-state index in [-0.39, 0.29) is 10.8 Å². The van der Waals surface area contributed by atoms with E-state index >= 15 is 0 Å².